The zero-order valence-electron chi connectivity index (χ0n) is 12.1. The van der Waals surface area contributed by atoms with E-state index in [4.69, 9.17) is 4.74 Å². The van der Waals surface area contributed by atoms with E-state index < -0.39 is 5.97 Å². The lowest BCUT2D eigenvalue weighted by Crippen LogP contribution is -2.30. The van der Waals surface area contributed by atoms with Crippen molar-refractivity contribution >= 4 is 27.8 Å². The second kappa shape index (κ2) is 6.86. The topological polar surface area (TPSA) is 99.0 Å². The molecule has 0 atom stereocenters. The number of nitrogens with zero attached hydrogens (tertiary/aromatic N) is 4. The van der Waals surface area contributed by atoms with Crippen LogP contribution in [0.4, 0.5) is 0 Å². The average molecular weight is 380 g/mol. The SMILES string of the molecule is O=C(CNC(=O)c1ccc(Br)cc1)OCc1nnnn1C1CC1. The predicted molar refractivity (Wildman–Crippen MR) is 82.4 cm³/mol. The molecule has 1 amide bonds. The van der Waals surface area contributed by atoms with Crippen molar-refractivity contribution in [1.82, 2.24) is 25.5 Å². The van der Waals surface area contributed by atoms with Crippen molar-refractivity contribution in [3.63, 3.8) is 0 Å². The summed E-state index contributed by atoms with van der Waals surface area (Å²) in [4.78, 5) is 23.6. The number of aromatic nitrogens is 4. The number of esters is 1. The number of hydrogen-bond acceptors (Lipinski definition) is 6. The van der Waals surface area contributed by atoms with E-state index in [9.17, 15) is 9.59 Å². The summed E-state index contributed by atoms with van der Waals surface area (Å²) in [6.45, 7) is -0.212. The highest BCUT2D eigenvalue weighted by molar-refractivity contribution is 9.10. The van der Waals surface area contributed by atoms with Crippen LogP contribution in [-0.2, 0) is 16.1 Å². The van der Waals surface area contributed by atoms with E-state index in [2.05, 4.69) is 36.8 Å². The molecule has 0 bridgehead atoms. The van der Waals surface area contributed by atoms with Crippen LogP contribution in [-0.4, -0.2) is 38.6 Å². The molecule has 3 rings (SSSR count). The lowest BCUT2D eigenvalue weighted by atomic mass is 10.2. The molecule has 23 heavy (non-hydrogen) atoms. The molecule has 0 unspecified atom stereocenters. The second-order valence-electron chi connectivity index (χ2n) is 5.12. The van der Waals surface area contributed by atoms with E-state index in [-0.39, 0.29) is 19.1 Å². The lowest BCUT2D eigenvalue weighted by Gasteiger charge is -2.07. The van der Waals surface area contributed by atoms with Gasteiger partial charge in [0.25, 0.3) is 5.91 Å². The number of amides is 1. The fourth-order valence-corrected chi connectivity index (χ4v) is 2.23. The number of carbonyl (C=O) groups is 2. The summed E-state index contributed by atoms with van der Waals surface area (Å²) < 4.78 is 7.64. The number of tetrazole rings is 1. The lowest BCUT2D eigenvalue weighted by molar-refractivity contribution is -0.144. The molecule has 9 heteroatoms. The Morgan fingerprint density at radius 1 is 1.30 bits per heavy atom. The van der Waals surface area contributed by atoms with E-state index in [0.29, 0.717) is 17.4 Å². The summed E-state index contributed by atoms with van der Waals surface area (Å²) in [5.41, 5.74) is 0.471. The van der Waals surface area contributed by atoms with Gasteiger partial charge in [0.2, 0.25) is 0 Å². The van der Waals surface area contributed by atoms with Gasteiger partial charge >= 0.3 is 5.97 Å². The molecule has 1 aliphatic carbocycles. The number of halogens is 1. The molecule has 0 spiro atoms. The molecule has 2 aromatic rings. The third-order valence-electron chi connectivity index (χ3n) is 3.32. The Kier molecular flexibility index (Phi) is 4.65. The fraction of sp³-hybridized carbons (Fsp3) is 0.357. The van der Waals surface area contributed by atoms with Crippen LogP contribution in [0.2, 0.25) is 0 Å². The molecule has 0 radical (unpaired) electrons. The number of carbonyl (C=O) groups excluding carboxylic acids is 2. The molecular weight excluding hydrogens is 366 g/mol. The van der Waals surface area contributed by atoms with E-state index in [1.54, 1.807) is 28.9 Å². The van der Waals surface area contributed by atoms with Gasteiger partial charge in [0.15, 0.2) is 12.4 Å². The van der Waals surface area contributed by atoms with Crippen molar-refractivity contribution < 1.29 is 14.3 Å². The maximum absolute atomic E-state index is 11.9. The maximum Gasteiger partial charge on any atom is 0.325 e. The molecule has 1 N–H and O–H groups in total. The summed E-state index contributed by atoms with van der Waals surface area (Å²) in [5.74, 6) is -0.363. The van der Waals surface area contributed by atoms with Gasteiger partial charge in [-0.25, -0.2) is 4.68 Å². The predicted octanol–water partition coefficient (Wildman–Crippen LogP) is 1.24. The minimum atomic E-state index is -0.541. The third-order valence-corrected chi connectivity index (χ3v) is 3.84. The van der Waals surface area contributed by atoms with Crippen molar-refractivity contribution in [3.05, 3.63) is 40.1 Å². The van der Waals surface area contributed by atoms with Crippen LogP contribution in [0.15, 0.2) is 28.7 Å². The second-order valence-corrected chi connectivity index (χ2v) is 6.04. The van der Waals surface area contributed by atoms with Crippen LogP contribution < -0.4 is 5.32 Å². The summed E-state index contributed by atoms with van der Waals surface area (Å²) in [6, 6.07) is 7.15. The van der Waals surface area contributed by atoms with Gasteiger partial charge in [-0.3, -0.25) is 9.59 Å². The highest BCUT2D eigenvalue weighted by atomic mass is 79.9. The van der Waals surface area contributed by atoms with Gasteiger partial charge < -0.3 is 10.1 Å². The van der Waals surface area contributed by atoms with Crippen molar-refractivity contribution in [3.8, 4) is 0 Å². The van der Waals surface area contributed by atoms with Crippen LogP contribution in [0, 0.1) is 0 Å². The van der Waals surface area contributed by atoms with E-state index in [1.165, 1.54) is 0 Å². The number of nitrogens with one attached hydrogen (secondary N) is 1. The quantitative estimate of drug-likeness (QED) is 0.758. The smallest absolute Gasteiger partial charge is 0.325 e. The fourth-order valence-electron chi connectivity index (χ4n) is 1.96. The molecule has 120 valence electrons. The summed E-state index contributed by atoms with van der Waals surface area (Å²) in [7, 11) is 0. The molecule has 1 aromatic carbocycles. The van der Waals surface area contributed by atoms with Crippen LogP contribution in [0.1, 0.15) is 35.1 Å². The number of hydrogen-bond donors (Lipinski definition) is 1. The highest BCUT2D eigenvalue weighted by Gasteiger charge is 2.28. The Labute approximate surface area is 140 Å². The Hall–Kier alpha value is -2.29. The molecular formula is C14H14BrN5O3. The maximum atomic E-state index is 11.9. The van der Waals surface area contributed by atoms with Crippen molar-refractivity contribution in [2.24, 2.45) is 0 Å². The largest absolute Gasteiger partial charge is 0.456 e. The van der Waals surface area contributed by atoms with Gasteiger partial charge in [-0.1, -0.05) is 15.9 Å². The number of rotatable bonds is 6. The zero-order chi connectivity index (χ0) is 16.2. The number of ether oxygens (including phenoxy) is 1. The van der Waals surface area contributed by atoms with Gasteiger partial charge in [0.05, 0.1) is 6.04 Å². The van der Waals surface area contributed by atoms with Gasteiger partial charge in [-0.2, -0.15) is 0 Å². The van der Waals surface area contributed by atoms with Crippen LogP contribution >= 0.6 is 15.9 Å². The number of benzene rings is 1. The van der Waals surface area contributed by atoms with Crippen LogP contribution in [0.3, 0.4) is 0 Å². The Morgan fingerprint density at radius 2 is 2.04 bits per heavy atom. The molecule has 1 aliphatic rings. The molecule has 1 aromatic heterocycles. The van der Waals surface area contributed by atoms with Crippen molar-refractivity contribution in [2.45, 2.75) is 25.5 Å². The standard InChI is InChI=1S/C14H14BrN5O3/c15-10-3-1-9(2-4-10)14(22)16-7-13(21)23-8-12-17-18-19-20(12)11-5-6-11/h1-4,11H,5-8H2,(H,16,22). The zero-order valence-corrected chi connectivity index (χ0v) is 13.7. The van der Waals surface area contributed by atoms with Crippen molar-refractivity contribution in [1.29, 1.82) is 0 Å². The van der Waals surface area contributed by atoms with Crippen LogP contribution in [0.5, 0.6) is 0 Å². The summed E-state index contributed by atoms with van der Waals surface area (Å²) >= 11 is 3.29. The normalized spacial score (nSPS) is 13.6. The molecule has 0 aliphatic heterocycles. The first-order chi connectivity index (χ1) is 11.1. The summed E-state index contributed by atoms with van der Waals surface area (Å²) in [6.07, 6.45) is 2.07. The van der Waals surface area contributed by atoms with E-state index in [0.717, 1.165) is 17.3 Å². The first-order valence-electron chi connectivity index (χ1n) is 7.09. The van der Waals surface area contributed by atoms with Crippen LogP contribution in [0.25, 0.3) is 0 Å². The van der Waals surface area contributed by atoms with Gasteiger partial charge in [0.1, 0.15) is 6.54 Å². The van der Waals surface area contributed by atoms with Gasteiger partial charge in [0, 0.05) is 10.0 Å². The van der Waals surface area contributed by atoms with E-state index in [1.807, 2.05) is 0 Å². The molecule has 1 saturated carbocycles. The van der Waals surface area contributed by atoms with E-state index >= 15 is 0 Å². The molecule has 1 heterocycles. The minimum absolute atomic E-state index is 0.00348. The third kappa shape index (κ3) is 4.13. The Balaban J connectivity index is 1.45. The first kappa shape index (κ1) is 15.6. The average Bonchev–Trinajstić information content (AvgIpc) is 3.29. The summed E-state index contributed by atoms with van der Waals surface area (Å²) in [5, 5.41) is 13.8. The Morgan fingerprint density at radius 3 is 2.74 bits per heavy atom. The highest BCUT2D eigenvalue weighted by Crippen LogP contribution is 2.34. The Bertz CT molecular complexity index is 711. The van der Waals surface area contributed by atoms with Crippen molar-refractivity contribution in [2.75, 3.05) is 6.54 Å². The monoisotopic (exact) mass is 379 g/mol. The minimum Gasteiger partial charge on any atom is -0.456 e. The molecule has 0 saturated heterocycles. The first-order valence-corrected chi connectivity index (χ1v) is 7.89. The molecule has 1 fully saturated rings. The van der Waals surface area contributed by atoms with Gasteiger partial charge in [-0.05, 0) is 47.5 Å². The van der Waals surface area contributed by atoms with Gasteiger partial charge in [-0.15, -0.1) is 5.10 Å². The molecule has 8 nitrogen and oxygen atoms in total.